The standard InChI is InChI=1S/C17H26N4/c1-15(2)21-12-9-17(19-21)14-20(13-10-18)11-8-16-6-4-3-5-7-16/h3-7,9,12,15H,8,10-11,13-14,18H2,1-2H3. The first-order chi connectivity index (χ1) is 10.2. The van der Waals surface area contributed by atoms with Crippen molar-refractivity contribution in [2.45, 2.75) is 32.9 Å². The fourth-order valence-electron chi connectivity index (χ4n) is 2.36. The Kier molecular flexibility index (Phi) is 5.96. The molecule has 0 atom stereocenters. The molecule has 1 aromatic carbocycles. The molecule has 114 valence electrons. The Labute approximate surface area is 127 Å². The van der Waals surface area contributed by atoms with Crippen LogP contribution in [0, 0.1) is 0 Å². The van der Waals surface area contributed by atoms with Crippen molar-refractivity contribution in [2.75, 3.05) is 19.6 Å². The predicted molar refractivity (Wildman–Crippen MR) is 87.1 cm³/mol. The summed E-state index contributed by atoms with van der Waals surface area (Å²) in [6.07, 6.45) is 3.10. The van der Waals surface area contributed by atoms with Crippen LogP contribution in [0.1, 0.15) is 31.1 Å². The van der Waals surface area contributed by atoms with Gasteiger partial charge >= 0.3 is 0 Å². The average Bonchev–Trinajstić information content (AvgIpc) is 2.95. The zero-order chi connectivity index (χ0) is 15.1. The second kappa shape index (κ2) is 7.96. The molecule has 0 aliphatic rings. The number of benzene rings is 1. The van der Waals surface area contributed by atoms with Gasteiger partial charge < -0.3 is 5.73 Å². The second-order valence-electron chi connectivity index (χ2n) is 5.68. The summed E-state index contributed by atoms with van der Waals surface area (Å²) in [6, 6.07) is 13.1. The van der Waals surface area contributed by atoms with Crippen molar-refractivity contribution < 1.29 is 0 Å². The summed E-state index contributed by atoms with van der Waals surface area (Å²) in [7, 11) is 0. The zero-order valence-corrected chi connectivity index (χ0v) is 13.1. The Morgan fingerprint density at radius 1 is 1.14 bits per heavy atom. The predicted octanol–water partition coefficient (Wildman–Crippen LogP) is 2.47. The van der Waals surface area contributed by atoms with Crippen molar-refractivity contribution in [3.05, 3.63) is 53.9 Å². The molecular weight excluding hydrogens is 260 g/mol. The lowest BCUT2D eigenvalue weighted by Crippen LogP contribution is -2.31. The molecule has 0 aliphatic carbocycles. The number of hydrogen-bond donors (Lipinski definition) is 1. The van der Waals surface area contributed by atoms with Crippen LogP contribution >= 0.6 is 0 Å². The molecule has 0 bridgehead atoms. The third kappa shape index (κ3) is 4.99. The molecule has 0 saturated heterocycles. The van der Waals surface area contributed by atoms with E-state index >= 15 is 0 Å². The van der Waals surface area contributed by atoms with Gasteiger partial charge in [0.2, 0.25) is 0 Å². The molecule has 1 aromatic heterocycles. The van der Waals surface area contributed by atoms with Gasteiger partial charge in [-0.25, -0.2) is 0 Å². The van der Waals surface area contributed by atoms with E-state index in [4.69, 9.17) is 5.73 Å². The summed E-state index contributed by atoms with van der Waals surface area (Å²) in [5, 5.41) is 4.62. The van der Waals surface area contributed by atoms with Crippen molar-refractivity contribution >= 4 is 0 Å². The summed E-state index contributed by atoms with van der Waals surface area (Å²) >= 11 is 0. The van der Waals surface area contributed by atoms with Crippen LogP contribution in [0.5, 0.6) is 0 Å². The Morgan fingerprint density at radius 3 is 2.52 bits per heavy atom. The van der Waals surface area contributed by atoms with Crippen molar-refractivity contribution in [1.82, 2.24) is 14.7 Å². The highest BCUT2D eigenvalue weighted by Crippen LogP contribution is 2.08. The zero-order valence-electron chi connectivity index (χ0n) is 13.1. The first-order valence-corrected chi connectivity index (χ1v) is 7.69. The number of nitrogens with two attached hydrogens (primary N) is 1. The fraction of sp³-hybridized carbons (Fsp3) is 0.471. The van der Waals surface area contributed by atoms with Gasteiger partial charge in [0, 0.05) is 38.4 Å². The van der Waals surface area contributed by atoms with Gasteiger partial charge in [0.15, 0.2) is 0 Å². The second-order valence-corrected chi connectivity index (χ2v) is 5.68. The summed E-state index contributed by atoms with van der Waals surface area (Å²) in [4.78, 5) is 2.38. The molecule has 0 aliphatic heterocycles. The summed E-state index contributed by atoms with van der Waals surface area (Å²) < 4.78 is 2.01. The highest BCUT2D eigenvalue weighted by Gasteiger charge is 2.09. The fourth-order valence-corrected chi connectivity index (χ4v) is 2.36. The van der Waals surface area contributed by atoms with E-state index in [1.165, 1.54) is 5.56 Å². The molecule has 4 heteroatoms. The minimum absolute atomic E-state index is 0.408. The van der Waals surface area contributed by atoms with Crippen LogP contribution in [0.15, 0.2) is 42.6 Å². The first kappa shape index (κ1) is 15.7. The van der Waals surface area contributed by atoms with Crippen LogP contribution in [0.2, 0.25) is 0 Å². The van der Waals surface area contributed by atoms with Gasteiger partial charge in [-0.05, 0) is 31.9 Å². The van der Waals surface area contributed by atoms with Crippen LogP contribution < -0.4 is 5.73 Å². The van der Waals surface area contributed by atoms with Crippen LogP contribution in [-0.2, 0) is 13.0 Å². The van der Waals surface area contributed by atoms with E-state index in [0.29, 0.717) is 12.6 Å². The van der Waals surface area contributed by atoms with E-state index < -0.39 is 0 Å². The molecule has 0 amide bonds. The van der Waals surface area contributed by atoms with E-state index in [-0.39, 0.29) is 0 Å². The van der Waals surface area contributed by atoms with Crippen LogP contribution in [0.25, 0.3) is 0 Å². The van der Waals surface area contributed by atoms with Crippen molar-refractivity contribution in [2.24, 2.45) is 5.73 Å². The van der Waals surface area contributed by atoms with Gasteiger partial charge in [0.05, 0.1) is 5.69 Å². The molecule has 2 rings (SSSR count). The van der Waals surface area contributed by atoms with E-state index in [2.05, 4.69) is 66.4 Å². The van der Waals surface area contributed by atoms with Gasteiger partial charge in [-0.3, -0.25) is 9.58 Å². The largest absolute Gasteiger partial charge is 0.329 e. The highest BCUT2D eigenvalue weighted by atomic mass is 15.3. The smallest absolute Gasteiger partial charge is 0.0764 e. The first-order valence-electron chi connectivity index (χ1n) is 7.69. The van der Waals surface area contributed by atoms with Gasteiger partial charge in [-0.1, -0.05) is 30.3 Å². The van der Waals surface area contributed by atoms with Gasteiger partial charge in [-0.15, -0.1) is 0 Å². The monoisotopic (exact) mass is 286 g/mol. The van der Waals surface area contributed by atoms with Crippen LogP contribution in [-0.4, -0.2) is 34.3 Å². The number of rotatable bonds is 8. The molecule has 2 N–H and O–H groups in total. The normalized spacial score (nSPS) is 11.5. The minimum Gasteiger partial charge on any atom is -0.329 e. The van der Waals surface area contributed by atoms with Crippen molar-refractivity contribution in [3.8, 4) is 0 Å². The number of hydrogen-bond acceptors (Lipinski definition) is 3. The van der Waals surface area contributed by atoms with Gasteiger partial charge in [0.25, 0.3) is 0 Å². The maximum absolute atomic E-state index is 5.74. The lowest BCUT2D eigenvalue weighted by molar-refractivity contribution is 0.271. The van der Waals surface area contributed by atoms with Crippen LogP contribution in [0.4, 0.5) is 0 Å². The summed E-state index contributed by atoms with van der Waals surface area (Å²) in [5.74, 6) is 0. The molecule has 4 nitrogen and oxygen atoms in total. The Bertz CT molecular complexity index is 519. The maximum Gasteiger partial charge on any atom is 0.0764 e. The molecule has 21 heavy (non-hydrogen) atoms. The average molecular weight is 286 g/mol. The molecule has 0 fully saturated rings. The third-order valence-electron chi connectivity index (χ3n) is 3.58. The number of nitrogens with zero attached hydrogens (tertiary/aromatic N) is 3. The molecule has 0 radical (unpaired) electrons. The van der Waals surface area contributed by atoms with E-state index in [1.54, 1.807) is 0 Å². The molecule has 2 aromatic rings. The Morgan fingerprint density at radius 2 is 1.90 bits per heavy atom. The third-order valence-corrected chi connectivity index (χ3v) is 3.58. The Hall–Kier alpha value is -1.65. The Balaban J connectivity index is 1.91. The maximum atomic E-state index is 5.74. The van der Waals surface area contributed by atoms with Crippen molar-refractivity contribution in [1.29, 1.82) is 0 Å². The van der Waals surface area contributed by atoms with E-state index in [0.717, 1.165) is 31.7 Å². The van der Waals surface area contributed by atoms with Crippen molar-refractivity contribution in [3.63, 3.8) is 0 Å². The SMILES string of the molecule is CC(C)n1ccc(CN(CCN)CCc2ccccc2)n1. The molecule has 1 heterocycles. The van der Waals surface area contributed by atoms with E-state index in [1.807, 2.05) is 4.68 Å². The summed E-state index contributed by atoms with van der Waals surface area (Å²) in [5.41, 5.74) is 8.22. The van der Waals surface area contributed by atoms with Crippen LogP contribution in [0.3, 0.4) is 0 Å². The lowest BCUT2D eigenvalue weighted by atomic mass is 10.1. The molecule has 0 spiro atoms. The molecule has 0 saturated carbocycles. The minimum atomic E-state index is 0.408. The lowest BCUT2D eigenvalue weighted by Gasteiger charge is -2.20. The summed E-state index contributed by atoms with van der Waals surface area (Å²) in [6.45, 7) is 7.74. The highest BCUT2D eigenvalue weighted by molar-refractivity contribution is 5.15. The quantitative estimate of drug-likeness (QED) is 0.811. The van der Waals surface area contributed by atoms with Gasteiger partial charge in [0.1, 0.15) is 0 Å². The molecular formula is C17H26N4. The number of aromatic nitrogens is 2. The topological polar surface area (TPSA) is 47.1 Å². The van der Waals surface area contributed by atoms with Gasteiger partial charge in [-0.2, -0.15) is 5.10 Å². The molecule has 0 unspecified atom stereocenters. The van der Waals surface area contributed by atoms with E-state index in [9.17, 15) is 0 Å².